The fourth-order valence-electron chi connectivity index (χ4n) is 3.46. The average molecular weight is 405 g/mol. The molecule has 0 fully saturated rings. The van der Waals surface area contributed by atoms with Gasteiger partial charge in [-0.1, -0.05) is 66.2 Å². The van der Waals surface area contributed by atoms with E-state index in [2.05, 4.69) is 0 Å². The number of hydrogen-bond donors (Lipinski definition) is 2. The number of aryl methyl sites for hydroxylation is 1. The number of aliphatic hydroxyl groups excluding tert-OH is 1. The van der Waals surface area contributed by atoms with Gasteiger partial charge in [0.15, 0.2) is 11.5 Å². The number of carboxylic acids is 1. The number of aliphatic carboxylic acids is 1. The number of aliphatic hydroxyl groups is 1. The fourth-order valence-corrected chi connectivity index (χ4v) is 3.46. The topological polar surface area (TPSA) is 94.9 Å². The predicted molar refractivity (Wildman–Crippen MR) is 113 cm³/mol. The lowest BCUT2D eigenvalue weighted by molar-refractivity contribution is -0.138. The molecule has 0 aromatic heterocycles. The van der Waals surface area contributed by atoms with Gasteiger partial charge in [-0.05, 0) is 30.5 Å². The summed E-state index contributed by atoms with van der Waals surface area (Å²) in [7, 11) is 0. The minimum atomic E-state index is -0.965. The van der Waals surface area contributed by atoms with Crippen molar-refractivity contribution < 1.29 is 24.6 Å². The molecule has 2 aromatic rings. The standard InChI is InChI=1S/C24H23NO5/c1-16-9-12-18(13-10-16)22-21(19(26)14-11-17-6-3-2-4-7-17)23(29)24(30)25(22)15-5-8-20(27)28/h2-4,6-7,9-14,22,29H,5,8,15H2,1H3,(H,27,28)/b14-11-/t22-/m1/s1. The minimum Gasteiger partial charge on any atom is -0.503 e. The number of allylic oxidation sites excluding steroid dienone is 1. The molecular formula is C24H23NO5. The van der Waals surface area contributed by atoms with Gasteiger partial charge in [0.25, 0.3) is 5.91 Å². The van der Waals surface area contributed by atoms with Gasteiger partial charge in [-0.2, -0.15) is 0 Å². The summed E-state index contributed by atoms with van der Waals surface area (Å²) >= 11 is 0. The maximum Gasteiger partial charge on any atom is 0.303 e. The van der Waals surface area contributed by atoms with Crippen molar-refractivity contribution in [1.82, 2.24) is 4.90 Å². The van der Waals surface area contributed by atoms with E-state index in [4.69, 9.17) is 5.11 Å². The van der Waals surface area contributed by atoms with Crippen molar-refractivity contribution in [2.75, 3.05) is 6.54 Å². The van der Waals surface area contributed by atoms with Crippen molar-refractivity contribution in [2.24, 2.45) is 0 Å². The SMILES string of the molecule is Cc1ccc([C@@H]2C(C(=O)/C=C\c3ccccc3)=C(O)C(=O)N2CCCC(=O)O)cc1. The van der Waals surface area contributed by atoms with Gasteiger partial charge in [0.2, 0.25) is 0 Å². The van der Waals surface area contributed by atoms with E-state index in [0.29, 0.717) is 5.56 Å². The Balaban J connectivity index is 1.94. The Labute approximate surface area is 174 Å². The Bertz CT molecular complexity index is 1010. The van der Waals surface area contributed by atoms with Crippen LogP contribution in [-0.4, -0.2) is 39.3 Å². The van der Waals surface area contributed by atoms with E-state index < -0.39 is 29.5 Å². The van der Waals surface area contributed by atoms with Crippen LogP contribution >= 0.6 is 0 Å². The number of carbonyl (C=O) groups is 3. The average Bonchev–Trinajstić information content (AvgIpc) is 2.98. The van der Waals surface area contributed by atoms with Crippen LogP contribution in [0, 0.1) is 6.92 Å². The van der Waals surface area contributed by atoms with Crippen LogP contribution in [0.5, 0.6) is 0 Å². The second-order valence-electron chi connectivity index (χ2n) is 7.18. The molecule has 0 bridgehead atoms. The normalized spacial score (nSPS) is 16.5. The second kappa shape index (κ2) is 9.22. The molecule has 30 heavy (non-hydrogen) atoms. The summed E-state index contributed by atoms with van der Waals surface area (Å²) in [5.41, 5.74) is 2.53. The lowest BCUT2D eigenvalue weighted by Crippen LogP contribution is -2.32. The molecule has 1 amide bonds. The summed E-state index contributed by atoms with van der Waals surface area (Å²) in [6, 6.07) is 15.8. The van der Waals surface area contributed by atoms with Crippen LogP contribution in [0.25, 0.3) is 6.08 Å². The van der Waals surface area contributed by atoms with Gasteiger partial charge in [-0.25, -0.2) is 0 Å². The van der Waals surface area contributed by atoms with E-state index in [1.807, 2.05) is 61.5 Å². The molecule has 0 radical (unpaired) electrons. The lowest BCUT2D eigenvalue weighted by atomic mass is 9.95. The zero-order valence-electron chi connectivity index (χ0n) is 16.6. The molecule has 0 saturated heterocycles. The Kier molecular flexibility index (Phi) is 6.47. The molecule has 6 heteroatoms. The largest absolute Gasteiger partial charge is 0.503 e. The number of carboxylic acid groups (broad SMARTS) is 1. The summed E-state index contributed by atoms with van der Waals surface area (Å²) in [6.45, 7) is 2.04. The molecular weight excluding hydrogens is 382 g/mol. The molecule has 0 aliphatic carbocycles. The number of amides is 1. The lowest BCUT2D eigenvalue weighted by Gasteiger charge is -2.26. The highest BCUT2D eigenvalue weighted by molar-refractivity contribution is 6.14. The molecule has 1 aliphatic rings. The van der Waals surface area contributed by atoms with Crippen molar-refractivity contribution in [2.45, 2.75) is 25.8 Å². The number of benzene rings is 2. The van der Waals surface area contributed by atoms with E-state index >= 15 is 0 Å². The highest BCUT2D eigenvalue weighted by Gasteiger charge is 2.42. The van der Waals surface area contributed by atoms with Crippen molar-refractivity contribution in [3.63, 3.8) is 0 Å². The fraction of sp³-hybridized carbons (Fsp3) is 0.208. The first-order valence-corrected chi connectivity index (χ1v) is 9.68. The smallest absolute Gasteiger partial charge is 0.303 e. The molecule has 0 unspecified atom stereocenters. The molecule has 0 saturated carbocycles. The zero-order chi connectivity index (χ0) is 21.7. The zero-order valence-corrected chi connectivity index (χ0v) is 16.6. The number of carbonyl (C=O) groups excluding carboxylic acids is 2. The van der Waals surface area contributed by atoms with Crippen molar-refractivity contribution in [1.29, 1.82) is 0 Å². The van der Waals surface area contributed by atoms with Crippen LogP contribution in [0.3, 0.4) is 0 Å². The second-order valence-corrected chi connectivity index (χ2v) is 7.18. The van der Waals surface area contributed by atoms with Crippen LogP contribution in [-0.2, 0) is 14.4 Å². The minimum absolute atomic E-state index is 0.00589. The number of ketones is 1. The van der Waals surface area contributed by atoms with Gasteiger partial charge in [0, 0.05) is 13.0 Å². The van der Waals surface area contributed by atoms with E-state index in [-0.39, 0.29) is 25.0 Å². The summed E-state index contributed by atoms with van der Waals surface area (Å²) in [5, 5.41) is 19.4. The summed E-state index contributed by atoms with van der Waals surface area (Å²) in [4.78, 5) is 37.9. The third kappa shape index (κ3) is 4.66. The molecule has 2 aromatic carbocycles. The highest BCUT2D eigenvalue weighted by atomic mass is 16.4. The van der Waals surface area contributed by atoms with Crippen molar-refractivity contribution >= 4 is 23.7 Å². The molecule has 1 aliphatic heterocycles. The molecule has 1 heterocycles. The molecule has 1 atom stereocenters. The number of hydrogen-bond acceptors (Lipinski definition) is 4. The maximum absolute atomic E-state index is 13.0. The molecule has 2 N–H and O–H groups in total. The van der Waals surface area contributed by atoms with Crippen molar-refractivity contribution in [3.8, 4) is 0 Å². The van der Waals surface area contributed by atoms with Gasteiger partial charge in [0.1, 0.15) is 0 Å². The highest BCUT2D eigenvalue weighted by Crippen LogP contribution is 2.38. The van der Waals surface area contributed by atoms with Gasteiger partial charge in [-0.3, -0.25) is 14.4 Å². The van der Waals surface area contributed by atoms with E-state index in [1.165, 1.54) is 11.0 Å². The predicted octanol–water partition coefficient (Wildman–Crippen LogP) is 3.84. The molecule has 6 nitrogen and oxygen atoms in total. The van der Waals surface area contributed by atoms with E-state index in [1.54, 1.807) is 6.08 Å². The quantitative estimate of drug-likeness (QED) is 0.651. The van der Waals surface area contributed by atoms with E-state index in [0.717, 1.165) is 11.1 Å². The first-order valence-electron chi connectivity index (χ1n) is 9.68. The van der Waals surface area contributed by atoms with Crippen molar-refractivity contribution in [3.05, 3.63) is 88.7 Å². The molecule has 154 valence electrons. The molecule has 0 spiro atoms. The van der Waals surface area contributed by atoms with Crippen LogP contribution < -0.4 is 0 Å². The Morgan fingerprint density at radius 1 is 1.07 bits per heavy atom. The third-order valence-corrected chi connectivity index (χ3v) is 4.98. The number of rotatable bonds is 8. The Morgan fingerprint density at radius 2 is 1.73 bits per heavy atom. The van der Waals surface area contributed by atoms with Gasteiger partial charge < -0.3 is 15.1 Å². The van der Waals surface area contributed by atoms with Gasteiger partial charge in [-0.15, -0.1) is 0 Å². The van der Waals surface area contributed by atoms with Crippen LogP contribution in [0.1, 0.15) is 35.6 Å². The Morgan fingerprint density at radius 3 is 2.37 bits per heavy atom. The first kappa shape index (κ1) is 21.0. The summed E-state index contributed by atoms with van der Waals surface area (Å²) in [6.07, 6.45) is 3.09. The summed E-state index contributed by atoms with van der Waals surface area (Å²) < 4.78 is 0. The van der Waals surface area contributed by atoms with Gasteiger partial charge >= 0.3 is 5.97 Å². The molecule has 3 rings (SSSR count). The van der Waals surface area contributed by atoms with Crippen LogP contribution in [0.2, 0.25) is 0 Å². The van der Waals surface area contributed by atoms with E-state index in [9.17, 15) is 19.5 Å². The summed E-state index contributed by atoms with van der Waals surface area (Å²) in [5.74, 6) is -2.68. The van der Waals surface area contributed by atoms with Crippen LogP contribution in [0.4, 0.5) is 0 Å². The third-order valence-electron chi connectivity index (χ3n) is 4.98. The first-order chi connectivity index (χ1) is 14.4. The number of nitrogens with zero attached hydrogens (tertiary/aromatic N) is 1. The maximum atomic E-state index is 13.0. The van der Waals surface area contributed by atoms with Crippen LogP contribution in [0.15, 0.2) is 72.0 Å². The Hall–Kier alpha value is -3.67. The monoisotopic (exact) mass is 405 g/mol. The van der Waals surface area contributed by atoms with Gasteiger partial charge in [0.05, 0.1) is 11.6 Å².